The molecule has 1 heterocycles. The van der Waals surface area contributed by atoms with Gasteiger partial charge in [0.15, 0.2) is 0 Å². The quantitative estimate of drug-likeness (QED) is 0.311. The van der Waals surface area contributed by atoms with Crippen molar-refractivity contribution in [1.82, 2.24) is 4.90 Å². The van der Waals surface area contributed by atoms with E-state index >= 15 is 0 Å². The van der Waals surface area contributed by atoms with Gasteiger partial charge >= 0.3 is 11.8 Å². The first-order chi connectivity index (χ1) is 11.4. The SMILES string of the molecule is [C-]#[N+]C([N+]#[C-])=C1C=C(C)N(CCOCCOC(=O)C(=C)C)C(C)=C1. The second-order valence-electron chi connectivity index (χ2n) is 5.25. The zero-order valence-corrected chi connectivity index (χ0v) is 14.3. The highest BCUT2D eigenvalue weighted by Crippen LogP contribution is 2.25. The predicted molar refractivity (Wildman–Crippen MR) is 91.0 cm³/mol. The van der Waals surface area contributed by atoms with Crippen LogP contribution in [0.15, 0.2) is 47.1 Å². The lowest BCUT2D eigenvalue weighted by atomic mass is 10.1. The van der Waals surface area contributed by atoms with Gasteiger partial charge in [0.2, 0.25) is 0 Å². The van der Waals surface area contributed by atoms with Gasteiger partial charge < -0.3 is 14.4 Å². The molecule has 0 N–H and O–H groups in total. The molecule has 0 aliphatic carbocycles. The molecule has 0 spiro atoms. The topological polar surface area (TPSA) is 47.5 Å². The van der Waals surface area contributed by atoms with Gasteiger partial charge in [0.05, 0.1) is 18.8 Å². The Morgan fingerprint density at radius 2 is 1.75 bits per heavy atom. The molecule has 6 nitrogen and oxygen atoms in total. The minimum Gasteiger partial charge on any atom is -0.460 e. The summed E-state index contributed by atoms with van der Waals surface area (Å²) in [4.78, 5) is 19.7. The van der Waals surface area contributed by atoms with Gasteiger partial charge in [-0.2, -0.15) is 9.69 Å². The lowest BCUT2D eigenvalue weighted by Gasteiger charge is -2.29. The van der Waals surface area contributed by atoms with E-state index in [9.17, 15) is 4.79 Å². The minimum atomic E-state index is -0.415. The van der Waals surface area contributed by atoms with Gasteiger partial charge in [-0.1, -0.05) is 6.58 Å². The van der Waals surface area contributed by atoms with Crippen molar-refractivity contribution in [1.29, 1.82) is 0 Å². The summed E-state index contributed by atoms with van der Waals surface area (Å²) in [6.45, 7) is 24.6. The Bertz CT molecular complexity index is 649. The maximum Gasteiger partial charge on any atom is 0.526 e. The summed E-state index contributed by atoms with van der Waals surface area (Å²) in [6, 6.07) is 0. The molecule has 0 bridgehead atoms. The Kier molecular flexibility index (Phi) is 7.48. The van der Waals surface area contributed by atoms with Crippen LogP contribution >= 0.6 is 0 Å². The number of allylic oxidation sites excluding steroid dienone is 5. The van der Waals surface area contributed by atoms with E-state index in [1.807, 2.05) is 26.0 Å². The molecule has 0 aromatic rings. The number of ether oxygens (including phenoxy) is 2. The number of hydrogen-bond donors (Lipinski definition) is 0. The van der Waals surface area contributed by atoms with Crippen LogP contribution in [0.25, 0.3) is 9.69 Å². The van der Waals surface area contributed by atoms with E-state index in [1.54, 1.807) is 6.92 Å². The van der Waals surface area contributed by atoms with Gasteiger partial charge in [-0.15, -0.1) is 0 Å². The van der Waals surface area contributed by atoms with Crippen LogP contribution in [-0.2, 0) is 14.3 Å². The van der Waals surface area contributed by atoms with Gasteiger partial charge in [-0.25, -0.2) is 4.79 Å². The highest BCUT2D eigenvalue weighted by atomic mass is 16.6. The molecule has 1 rings (SSSR count). The third kappa shape index (κ3) is 5.42. The first-order valence-electron chi connectivity index (χ1n) is 7.44. The highest BCUT2D eigenvalue weighted by Gasteiger charge is 2.19. The van der Waals surface area contributed by atoms with Crippen LogP contribution in [-0.4, -0.2) is 37.2 Å². The molecule has 0 saturated heterocycles. The molecule has 0 unspecified atom stereocenters. The lowest BCUT2D eigenvalue weighted by molar-refractivity contribution is -0.140. The maximum absolute atomic E-state index is 11.2. The molecule has 0 saturated carbocycles. The molecule has 0 atom stereocenters. The van der Waals surface area contributed by atoms with Crippen molar-refractivity contribution in [2.24, 2.45) is 0 Å². The number of carbonyl (C=O) groups excluding carboxylic acids is 1. The fourth-order valence-electron chi connectivity index (χ4n) is 2.14. The first-order valence-corrected chi connectivity index (χ1v) is 7.44. The Morgan fingerprint density at radius 1 is 1.17 bits per heavy atom. The Balaban J connectivity index is 2.47. The lowest BCUT2D eigenvalue weighted by Crippen LogP contribution is -2.27. The van der Waals surface area contributed by atoms with E-state index in [0.717, 1.165) is 11.4 Å². The highest BCUT2D eigenvalue weighted by molar-refractivity contribution is 5.86. The Morgan fingerprint density at radius 3 is 2.25 bits per heavy atom. The van der Waals surface area contributed by atoms with E-state index in [2.05, 4.69) is 21.2 Å². The van der Waals surface area contributed by atoms with Crippen LogP contribution in [0.2, 0.25) is 0 Å². The monoisotopic (exact) mass is 327 g/mol. The average molecular weight is 327 g/mol. The van der Waals surface area contributed by atoms with Gasteiger partial charge in [-0.05, 0) is 32.9 Å². The summed E-state index contributed by atoms with van der Waals surface area (Å²) in [5.74, 6) is -0.342. The Hall–Kier alpha value is -2.83. The molecule has 126 valence electrons. The van der Waals surface area contributed by atoms with Crippen LogP contribution < -0.4 is 0 Å². The smallest absolute Gasteiger partial charge is 0.460 e. The predicted octanol–water partition coefficient (Wildman–Crippen LogP) is 3.30. The van der Waals surface area contributed by atoms with Crippen LogP contribution in [0.5, 0.6) is 0 Å². The van der Waals surface area contributed by atoms with Crippen molar-refractivity contribution in [3.63, 3.8) is 0 Å². The summed E-state index contributed by atoms with van der Waals surface area (Å²) >= 11 is 0. The van der Waals surface area contributed by atoms with Crippen LogP contribution in [0.3, 0.4) is 0 Å². The van der Waals surface area contributed by atoms with Crippen molar-refractivity contribution >= 4 is 5.97 Å². The molecule has 0 amide bonds. The zero-order chi connectivity index (χ0) is 18.1. The summed E-state index contributed by atoms with van der Waals surface area (Å²) in [5.41, 5.74) is 2.91. The third-order valence-corrected chi connectivity index (χ3v) is 3.32. The number of esters is 1. The van der Waals surface area contributed by atoms with E-state index in [1.165, 1.54) is 0 Å². The molecule has 0 aromatic carbocycles. The number of carbonyl (C=O) groups is 1. The average Bonchev–Trinajstić information content (AvgIpc) is 2.53. The van der Waals surface area contributed by atoms with E-state index in [-0.39, 0.29) is 12.4 Å². The zero-order valence-electron chi connectivity index (χ0n) is 14.3. The van der Waals surface area contributed by atoms with Crippen molar-refractivity contribution in [2.45, 2.75) is 20.8 Å². The molecule has 1 aliphatic rings. The first kappa shape index (κ1) is 19.2. The van der Waals surface area contributed by atoms with E-state index in [0.29, 0.717) is 30.9 Å². The Labute approximate surface area is 143 Å². The summed E-state index contributed by atoms with van der Waals surface area (Å²) in [7, 11) is 0. The third-order valence-electron chi connectivity index (χ3n) is 3.32. The second-order valence-corrected chi connectivity index (χ2v) is 5.25. The summed E-state index contributed by atoms with van der Waals surface area (Å²) in [5, 5.41) is 0. The standard InChI is InChI=1S/C18H21N3O3/c1-13(2)18(22)24-10-9-23-8-7-21-14(3)11-16(12-15(21)4)17(19-5)20-6/h11-12H,1,7-10H2,2-4H3. The van der Waals surface area contributed by atoms with Crippen molar-refractivity contribution < 1.29 is 14.3 Å². The molecule has 0 fully saturated rings. The summed E-state index contributed by atoms with van der Waals surface area (Å²) < 4.78 is 10.4. The van der Waals surface area contributed by atoms with Crippen molar-refractivity contribution in [3.05, 3.63) is 69.9 Å². The second kappa shape index (κ2) is 9.34. The normalized spacial score (nSPS) is 13.4. The maximum atomic E-state index is 11.2. The van der Waals surface area contributed by atoms with Gasteiger partial charge in [0.25, 0.3) is 0 Å². The van der Waals surface area contributed by atoms with E-state index in [4.69, 9.17) is 22.6 Å². The van der Waals surface area contributed by atoms with Gasteiger partial charge in [-0.3, -0.25) is 0 Å². The molecule has 1 aliphatic heterocycles. The fourth-order valence-corrected chi connectivity index (χ4v) is 2.14. The molecular formula is C18H21N3O3. The van der Waals surface area contributed by atoms with Crippen molar-refractivity contribution in [2.75, 3.05) is 26.4 Å². The van der Waals surface area contributed by atoms with Gasteiger partial charge in [0, 0.05) is 23.5 Å². The van der Waals surface area contributed by atoms with Crippen LogP contribution in [0.4, 0.5) is 0 Å². The number of nitrogens with zero attached hydrogens (tertiary/aromatic N) is 3. The molecule has 6 heteroatoms. The fraction of sp³-hybridized carbons (Fsp3) is 0.389. The van der Waals surface area contributed by atoms with Gasteiger partial charge in [0.1, 0.15) is 19.8 Å². The molecular weight excluding hydrogens is 306 g/mol. The molecule has 0 radical (unpaired) electrons. The number of rotatable bonds is 7. The van der Waals surface area contributed by atoms with Crippen LogP contribution in [0.1, 0.15) is 20.8 Å². The van der Waals surface area contributed by atoms with Crippen LogP contribution in [0, 0.1) is 13.1 Å². The van der Waals surface area contributed by atoms with E-state index < -0.39 is 5.97 Å². The molecule has 0 aromatic heterocycles. The minimum absolute atomic E-state index is 0.0731. The number of hydrogen-bond acceptors (Lipinski definition) is 4. The van der Waals surface area contributed by atoms with Crippen molar-refractivity contribution in [3.8, 4) is 0 Å². The summed E-state index contributed by atoms with van der Waals surface area (Å²) in [6.07, 6.45) is 3.65. The molecule has 24 heavy (non-hydrogen) atoms. The largest absolute Gasteiger partial charge is 0.526 e.